The van der Waals surface area contributed by atoms with Crippen LogP contribution in [0.15, 0.2) is 29.6 Å². The van der Waals surface area contributed by atoms with Crippen LogP contribution in [0.5, 0.6) is 0 Å². The summed E-state index contributed by atoms with van der Waals surface area (Å²) in [5.74, 6) is 0. The van der Waals surface area contributed by atoms with Gasteiger partial charge >= 0.3 is 0 Å². The molecule has 2 aromatic rings. The standard InChI is InChI=1S/C15H16Cl2OS/c1-10-9-19-15(13(10)16)14(17)12-5-3-11(4-6-12)7-8-18-2/h3-6,9,14H,7-8H2,1-2H3. The lowest BCUT2D eigenvalue weighted by molar-refractivity contribution is 0.202. The summed E-state index contributed by atoms with van der Waals surface area (Å²) in [5, 5.41) is 2.65. The second-order valence-corrected chi connectivity index (χ2v) is 6.17. The van der Waals surface area contributed by atoms with Crippen molar-refractivity contribution >= 4 is 34.5 Å². The van der Waals surface area contributed by atoms with Crippen LogP contribution in [0.1, 0.15) is 26.9 Å². The lowest BCUT2D eigenvalue weighted by Crippen LogP contribution is -1.96. The zero-order valence-electron chi connectivity index (χ0n) is 11.0. The van der Waals surface area contributed by atoms with Crippen LogP contribution in [0.4, 0.5) is 0 Å². The normalized spacial score (nSPS) is 12.6. The largest absolute Gasteiger partial charge is 0.384 e. The molecule has 0 fully saturated rings. The summed E-state index contributed by atoms with van der Waals surface area (Å²) in [7, 11) is 1.71. The van der Waals surface area contributed by atoms with Crippen LogP contribution in [0, 0.1) is 6.92 Å². The van der Waals surface area contributed by atoms with E-state index in [0.29, 0.717) is 0 Å². The summed E-state index contributed by atoms with van der Waals surface area (Å²) in [6.07, 6.45) is 0.919. The number of alkyl halides is 1. The molecule has 0 saturated carbocycles. The van der Waals surface area contributed by atoms with E-state index in [1.165, 1.54) is 5.56 Å². The van der Waals surface area contributed by atoms with Crippen LogP contribution in [0.25, 0.3) is 0 Å². The molecule has 1 aromatic carbocycles. The van der Waals surface area contributed by atoms with Gasteiger partial charge in [-0.15, -0.1) is 22.9 Å². The van der Waals surface area contributed by atoms with Gasteiger partial charge in [-0.05, 0) is 35.4 Å². The maximum absolute atomic E-state index is 6.51. The summed E-state index contributed by atoms with van der Waals surface area (Å²) in [4.78, 5) is 1.02. The van der Waals surface area contributed by atoms with E-state index in [2.05, 4.69) is 24.3 Å². The van der Waals surface area contributed by atoms with Gasteiger partial charge in [-0.1, -0.05) is 35.9 Å². The van der Waals surface area contributed by atoms with Crippen LogP contribution in [-0.4, -0.2) is 13.7 Å². The van der Waals surface area contributed by atoms with Gasteiger partial charge in [-0.25, -0.2) is 0 Å². The van der Waals surface area contributed by atoms with Gasteiger partial charge in [-0.2, -0.15) is 0 Å². The van der Waals surface area contributed by atoms with E-state index in [1.807, 2.05) is 12.3 Å². The van der Waals surface area contributed by atoms with Crippen molar-refractivity contribution in [3.05, 3.63) is 56.2 Å². The smallest absolute Gasteiger partial charge is 0.0942 e. The molecule has 0 spiro atoms. The van der Waals surface area contributed by atoms with E-state index in [4.69, 9.17) is 27.9 Å². The average molecular weight is 315 g/mol. The molecular weight excluding hydrogens is 299 g/mol. The highest BCUT2D eigenvalue weighted by Crippen LogP contribution is 2.39. The molecule has 0 aliphatic carbocycles. The number of halogens is 2. The van der Waals surface area contributed by atoms with E-state index in [9.17, 15) is 0 Å². The Kier molecular flexibility index (Phi) is 5.28. The highest BCUT2D eigenvalue weighted by atomic mass is 35.5. The number of hydrogen-bond acceptors (Lipinski definition) is 2. The van der Waals surface area contributed by atoms with Crippen molar-refractivity contribution in [3.63, 3.8) is 0 Å². The van der Waals surface area contributed by atoms with Crippen LogP contribution < -0.4 is 0 Å². The third-order valence-electron chi connectivity index (χ3n) is 3.02. The van der Waals surface area contributed by atoms with Gasteiger partial charge in [0, 0.05) is 12.0 Å². The predicted octanol–water partition coefficient (Wildman–Crippen LogP) is 5.23. The zero-order valence-corrected chi connectivity index (χ0v) is 13.3. The van der Waals surface area contributed by atoms with E-state index in [1.54, 1.807) is 18.4 Å². The Bertz CT molecular complexity index is 534. The van der Waals surface area contributed by atoms with Gasteiger partial charge < -0.3 is 4.74 Å². The minimum absolute atomic E-state index is 0.178. The number of rotatable bonds is 5. The Morgan fingerprint density at radius 3 is 2.47 bits per heavy atom. The first-order valence-electron chi connectivity index (χ1n) is 6.08. The fraction of sp³-hybridized carbons (Fsp3) is 0.333. The third-order valence-corrected chi connectivity index (χ3v) is 5.40. The first-order valence-corrected chi connectivity index (χ1v) is 7.78. The molecular formula is C15H16Cl2OS. The molecule has 1 aromatic heterocycles. The van der Waals surface area contributed by atoms with Crippen LogP contribution >= 0.6 is 34.5 Å². The highest BCUT2D eigenvalue weighted by molar-refractivity contribution is 7.11. The van der Waals surface area contributed by atoms with Crippen LogP contribution in [0.3, 0.4) is 0 Å². The molecule has 0 radical (unpaired) electrons. The Morgan fingerprint density at radius 1 is 1.26 bits per heavy atom. The highest BCUT2D eigenvalue weighted by Gasteiger charge is 2.17. The van der Waals surface area contributed by atoms with Crippen molar-refractivity contribution in [2.45, 2.75) is 18.7 Å². The Hall–Kier alpha value is -0.540. The molecule has 0 bridgehead atoms. The van der Waals surface area contributed by atoms with Gasteiger partial charge in [0.15, 0.2) is 0 Å². The second kappa shape index (κ2) is 6.76. The molecule has 1 heterocycles. The molecule has 1 unspecified atom stereocenters. The van der Waals surface area contributed by atoms with Gasteiger partial charge in [0.25, 0.3) is 0 Å². The van der Waals surface area contributed by atoms with Gasteiger partial charge in [-0.3, -0.25) is 0 Å². The second-order valence-electron chi connectivity index (χ2n) is 4.44. The van der Waals surface area contributed by atoms with Crippen molar-refractivity contribution in [2.75, 3.05) is 13.7 Å². The van der Waals surface area contributed by atoms with E-state index < -0.39 is 0 Å². The molecule has 4 heteroatoms. The number of methoxy groups -OCH3 is 1. The van der Waals surface area contributed by atoms with Gasteiger partial charge in [0.2, 0.25) is 0 Å². The SMILES string of the molecule is COCCc1ccc(C(Cl)c2scc(C)c2Cl)cc1. The van der Waals surface area contributed by atoms with Crippen molar-refractivity contribution in [3.8, 4) is 0 Å². The minimum Gasteiger partial charge on any atom is -0.384 e. The van der Waals surface area contributed by atoms with E-state index in [-0.39, 0.29) is 5.38 Å². The van der Waals surface area contributed by atoms with Crippen LogP contribution in [0.2, 0.25) is 5.02 Å². The summed E-state index contributed by atoms with van der Waals surface area (Å²) >= 11 is 14.4. The maximum atomic E-state index is 6.51. The lowest BCUT2D eigenvalue weighted by atomic mass is 10.1. The molecule has 102 valence electrons. The van der Waals surface area contributed by atoms with Gasteiger partial charge in [0.05, 0.1) is 17.0 Å². The maximum Gasteiger partial charge on any atom is 0.0942 e. The number of benzene rings is 1. The summed E-state index contributed by atoms with van der Waals surface area (Å²) in [6.45, 7) is 2.74. The number of aryl methyl sites for hydroxylation is 1. The molecule has 1 nitrogen and oxygen atoms in total. The summed E-state index contributed by atoms with van der Waals surface area (Å²) < 4.78 is 5.07. The predicted molar refractivity (Wildman–Crippen MR) is 83.8 cm³/mol. The van der Waals surface area contributed by atoms with E-state index >= 15 is 0 Å². The zero-order chi connectivity index (χ0) is 13.8. The molecule has 0 amide bonds. The average Bonchev–Trinajstić information content (AvgIpc) is 2.76. The minimum atomic E-state index is -0.178. The molecule has 1 atom stereocenters. The molecule has 2 rings (SSSR count). The van der Waals surface area contributed by atoms with Crippen molar-refractivity contribution in [1.29, 1.82) is 0 Å². The third kappa shape index (κ3) is 3.51. The number of ether oxygens (including phenoxy) is 1. The van der Waals surface area contributed by atoms with Crippen molar-refractivity contribution in [1.82, 2.24) is 0 Å². The molecule has 0 N–H and O–H groups in total. The fourth-order valence-electron chi connectivity index (χ4n) is 1.85. The first-order chi connectivity index (χ1) is 9.13. The van der Waals surface area contributed by atoms with Gasteiger partial charge in [0.1, 0.15) is 0 Å². The quantitative estimate of drug-likeness (QED) is 0.687. The lowest BCUT2D eigenvalue weighted by Gasteiger charge is -2.10. The molecule has 19 heavy (non-hydrogen) atoms. The summed E-state index contributed by atoms with van der Waals surface area (Å²) in [5.41, 5.74) is 3.42. The van der Waals surface area contributed by atoms with Crippen molar-refractivity contribution < 1.29 is 4.74 Å². The topological polar surface area (TPSA) is 9.23 Å². The Morgan fingerprint density at radius 2 is 1.95 bits per heavy atom. The van der Waals surface area contributed by atoms with Crippen molar-refractivity contribution in [2.24, 2.45) is 0 Å². The molecule has 0 aliphatic rings. The van der Waals surface area contributed by atoms with Crippen LogP contribution in [-0.2, 0) is 11.2 Å². The Balaban J connectivity index is 2.15. The number of thiophene rings is 1. The number of hydrogen-bond donors (Lipinski definition) is 0. The fourth-order valence-corrected chi connectivity index (χ4v) is 3.61. The molecule has 0 saturated heterocycles. The first kappa shape index (κ1) is 14.9. The molecule has 0 aliphatic heterocycles. The summed E-state index contributed by atoms with van der Waals surface area (Å²) in [6, 6.07) is 8.32. The Labute approximate surface area is 128 Å². The van der Waals surface area contributed by atoms with E-state index in [0.717, 1.165) is 34.1 Å². The monoisotopic (exact) mass is 314 g/mol.